The summed E-state index contributed by atoms with van der Waals surface area (Å²) in [5.41, 5.74) is 0.480. The number of hydrogen-bond acceptors (Lipinski definition) is 6. The molecule has 1 heterocycles. The van der Waals surface area contributed by atoms with Crippen LogP contribution >= 0.6 is 0 Å². The average Bonchev–Trinajstić information content (AvgIpc) is 2.84. The van der Waals surface area contributed by atoms with Crippen molar-refractivity contribution < 1.29 is 27.9 Å². The van der Waals surface area contributed by atoms with Gasteiger partial charge in [-0.15, -0.1) is 0 Å². The number of amides is 2. The lowest BCUT2D eigenvalue weighted by molar-refractivity contribution is 0.0560. The minimum absolute atomic E-state index is 0.0364. The number of aliphatic hydroxyl groups excluding tert-OH is 1. The van der Waals surface area contributed by atoms with E-state index >= 15 is 0 Å². The summed E-state index contributed by atoms with van der Waals surface area (Å²) in [6.45, 7) is 1.90. The van der Waals surface area contributed by atoms with Gasteiger partial charge >= 0.3 is 6.09 Å². The zero-order valence-corrected chi connectivity index (χ0v) is 14.7. The Kier molecular flexibility index (Phi) is 6.38. The van der Waals surface area contributed by atoms with Crippen LogP contribution < -0.4 is 5.32 Å². The lowest BCUT2D eigenvalue weighted by atomic mass is 10.2. The second-order valence-corrected chi connectivity index (χ2v) is 7.88. The molecule has 8 nitrogen and oxygen atoms in total. The van der Waals surface area contributed by atoms with Crippen LogP contribution in [0.5, 0.6) is 0 Å². The average molecular weight is 370 g/mol. The molecule has 0 aromatic heterocycles. The molecule has 1 fully saturated rings. The molecular formula is C16H22N2O6S. The highest BCUT2D eigenvalue weighted by atomic mass is 32.2. The molecular weight excluding hydrogens is 348 g/mol. The fourth-order valence-electron chi connectivity index (χ4n) is 2.69. The number of rotatable bonds is 6. The summed E-state index contributed by atoms with van der Waals surface area (Å²) in [5, 5.41) is 12.6. The fraction of sp³-hybridized carbons (Fsp3) is 0.500. The number of carbonyl (C=O) groups is 2. The third-order valence-electron chi connectivity index (χ3n) is 3.87. The predicted molar refractivity (Wildman–Crippen MR) is 91.0 cm³/mol. The van der Waals surface area contributed by atoms with E-state index in [0.717, 1.165) is 0 Å². The van der Waals surface area contributed by atoms with Gasteiger partial charge in [0.05, 0.1) is 30.3 Å². The van der Waals surface area contributed by atoms with Crippen molar-refractivity contribution in [2.75, 3.05) is 31.2 Å². The van der Waals surface area contributed by atoms with Crippen LogP contribution in [0.1, 0.15) is 17.3 Å². The Balaban J connectivity index is 1.99. The van der Waals surface area contributed by atoms with E-state index in [1.165, 1.54) is 4.90 Å². The molecule has 138 valence electrons. The second-order valence-electron chi connectivity index (χ2n) is 5.73. The van der Waals surface area contributed by atoms with Gasteiger partial charge < -0.3 is 15.2 Å². The maximum Gasteiger partial charge on any atom is 0.410 e. The van der Waals surface area contributed by atoms with Crippen molar-refractivity contribution in [3.05, 3.63) is 35.9 Å². The van der Waals surface area contributed by atoms with Crippen molar-refractivity contribution in [3.63, 3.8) is 0 Å². The molecule has 2 unspecified atom stereocenters. The van der Waals surface area contributed by atoms with Crippen LogP contribution in [0.3, 0.4) is 0 Å². The Morgan fingerprint density at radius 1 is 1.28 bits per heavy atom. The lowest BCUT2D eigenvalue weighted by Gasteiger charge is -2.29. The number of sulfone groups is 1. The van der Waals surface area contributed by atoms with Crippen LogP contribution in [0.2, 0.25) is 0 Å². The second kappa shape index (κ2) is 8.30. The van der Waals surface area contributed by atoms with Crippen molar-refractivity contribution in [2.45, 2.75) is 19.1 Å². The molecule has 1 aliphatic heterocycles. The topological polar surface area (TPSA) is 113 Å². The largest absolute Gasteiger partial charge is 0.450 e. The van der Waals surface area contributed by atoms with E-state index in [1.807, 2.05) is 0 Å². The van der Waals surface area contributed by atoms with Crippen molar-refractivity contribution in [1.29, 1.82) is 0 Å². The summed E-state index contributed by atoms with van der Waals surface area (Å²) >= 11 is 0. The Morgan fingerprint density at radius 2 is 1.96 bits per heavy atom. The lowest BCUT2D eigenvalue weighted by Crippen LogP contribution is -2.49. The zero-order chi connectivity index (χ0) is 18.4. The molecule has 25 heavy (non-hydrogen) atoms. The summed E-state index contributed by atoms with van der Waals surface area (Å²) < 4.78 is 28.3. The van der Waals surface area contributed by atoms with E-state index in [-0.39, 0.29) is 37.1 Å². The monoisotopic (exact) mass is 370 g/mol. The van der Waals surface area contributed by atoms with Gasteiger partial charge in [-0.25, -0.2) is 13.2 Å². The number of hydrogen-bond donors (Lipinski definition) is 2. The molecule has 1 aromatic rings. The minimum atomic E-state index is -3.41. The molecule has 0 aliphatic carbocycles. The van der Waals surface area contributed by atoms with Gasteiger partial charge in [-0.3, -0.25) is 9.69 Å². The molecule has 1 saturated heterocycles. The number of carbonyl (C=O) groups excluding carboxylic acids is 2. The molecule has 0 bridgehead atoms. The van der Waals surface area contributed by atoms with Gasteiger partial charge in [-0.05, 0) is 19.1 Å². The van der Waals surface area contributed by atoms with Gasteiger partial charge in [0.1, 0.15) is 0 Å². The number of ether oxygens (including phenoxy) is 1. The van der Waals surface area contributed by atoms with Crippen molar-refractivity contribution >= 4 is 21.8 Å². The van der Waals surface area contributed by atoms with Crippen molar-refractivity contribution in [3.8, 4) is 0 Å². The summed E-state index contributed by atoms with van der Waals surface area (Å²) in [7, 11) is -3.41. The van der Waals surface area contributed by atoms with Crippen LogP contribution in [0, 0.1) is 0 Å². The van der Waals surface area contributed by atoms with E-state index < -0.39 is 28.1 Å². The van der Waals surface area contributed by atoms with E-state index in [4.69, 9.17) is 4.74 Å². The van der Waals surface area contributed by atoms with Crippen molar-refractivity contribution in [1.82, 2.24) is 10.2 Å². The van der Waals surface area contributed by atoms with Gasteiger partial charge in [0.2, 0.25) is 0 Å². The third-order valence-corrected chi connectivity index (χ3v) is 5.57. The maximum absolute atomic E-state index is 12.1. The fourth-order valence-corrected chi connectivity index (χ4v) is 4.49. The SMILES string of the molecule is CCOC(=O)N(CCNC(=O)c1ccccc1)C1CS(=O)(=O)CC1O. The van der Waals surface area contributed by atoms with Gasteiger partial charge in [0, 0.05) is 18.7 Å². The molecule has 0 saturated carbocycles. The zero-order valence-electron chi connectivity index (χ0n) is 13.9. The van der Waals surface area contributed by atoms with Crippen molar-refractivity contribution in [2.24, 2.45) is 0 Å². The van der Waals surface area contributed by atoms with E-state index in [0.29, 0.717) is 5.56 Å². The molecule has 1 aliphatic rings. The molecule has 2 amide bonds. The van der Waals surface area contributed by atoms with Crippen LogP contribution in [-0.4, -0.2) is 73.8 Å². The molecule has 1 aromatic carbocycles. The standard InChI is InChI=1S/C16H22N2O6S/c1-2-24-16(21)18(13-10-25(22,23)11-14(13)19)9-8-17-15(20)12-6-4-3-5-7-12/h3-7,13-14,19H,2,8-11H2,1H3,(H,17,20). The van der Waals surface area contributed by atoms with E-state index in [2.05, 4.69) is 5.32 Å². The first-order valence-corrected chi connectivity index (χ1v) is 9.81. The smallest absolute Gasteiger partial charge is 0.410 e. The van der Waals surface area contributed by atoms with Crippen LogP contribution in [0.15, 0.2) is 30.3 Å². The number of benzene rings is 1. The maximum atomic E-state index is 12.1. The summed E-state index contributed by atoms with van der Waals surface area (Å²) in [6.07, 6.45) is -1.88. The quantitative estimate of drug-likeness (QED) is 0.731. The number of aliphatic hydroxyl groups is 1. The molecule has 2 rings (SSSR count). The Hall–Kier alpha value is -2.13. The summed E-state index contributed by atoms with van der Waals surface area (Å²) in [5.74, 6) is -1.01. The van der Waals surface area contributed by atoms with E-state index in [1.54, 1.807) is 37.3 Å². The molecule has 0 radical (unpaired) electrons. The Labute approximate surface area is 146 Å². The third kappa shape index (κ3) is 5.17. The normalized spacial score (nSPS) is 21.5. The van der Waals surface area contributed by atoms with Gasteiger partial charge in [-0.1, -0.05) is 18.2 Å². The predicted octanol–water partition coefficient (Wildman–Crippen LogP) is 0.0328. The number of nitrogens with one attached hydrogen (secondary N) is 1. The molecule has 2 N–H and O–H groups in total. The highest BCUT2D eigenvalue weighted by molar-refractivity contribution is 7.91. The summed E-state index contributed by atoms with van der Waals surface area (Å²) in [6, 6.07) is 7.70. The number of nitrogens with zero attached hydrogens (tertiary/aromatic N) is 1. The van der Waals surface area contributed by atoms with Gasteiger partial charge in [-0.2, -0.15) is 0 Å². The molecule has 0 spiro atoms. The van der Waals surface area contributed by atoms with Gasteiger partial charge in [0.25, 0.3) is 5.91 Å². The highest BCUT2D eigenvalue weighted by Gasteiger charge is 2.42. The highest BCUT2D eigenvalue weighted by Crippen LogP contribution is 2.19. The van der Waals surface area contributed by atoms with Crippen LogP contribution in [-0.2, 0) is 14.6 Å². The van der Waals surface area contributed by atoms with E-state index in [9.17, 15) is 23.1 Å². The first-order valence-electron chi connectivity index (χ1n) is 7.99. The Morgan fingerprint density at radius 3 is 2.52 bits per heavy atom. The minimum Gasteiger partial charge on any atom is -0.450 e. The molecule has 9 heteroatoms. The van der Waals surface area contributed by atoms with Gasteiger partial charge in [0.15, 0.2) is 9.84 Å². The molecule has 2 atom stereocenters. The first kappa shape index (κ1) is 19.2. The Bertz CT molecular complexity index is 707. The van der Waals surface area contributed by atoms with Crippen LogP contribution in [0.25, 0.3) is 0 Å². The summed E-state index contributed by atoms with van der Waals surface area (Å²) in [4.78, 5) is 25.3. The first-order chi connectivity index (χ1) is 11.8. The van der Waals surface area contributed by atoms with Crippen LogP contribution in [0.4, 0.5) is 4.79 Å².